The van der Waals surface area contributed by atoms with E-state index in [2.05, 4.69) is 0 Å². The summed E-state index contributed by atoms with van der Waals surface area (Å²) in [5.41, 5.74) is 11.6. The highest BCUT2D eigenvalue weighted by molar-refractivity contribution is 5.82. The van der Waals surface area contributed by atoms with Crippen molar-refractivity contribution in [3.05, 3.63) is 60.8 Å². The number of cyclic esters (lactones) is 1. The number of rotatable bonds is 3. The summed E-state index contributed by atoms with van der Waals surface area (Å²) in [4.78, 5) is 24.7. The maximum absolute atomic E-state index is 12.5. The molecule has 4 aliphatic rings. The fourth-order valence-electron chi connectivity index (χ4n) is 6.05. The van der Waals surface area contributed by atoms with Crippen molar-refractivity contribution >= 4 is 11.9 Å². The van der Waals surface area contributed by atoms with Gasteiger partial charge in [-0.2, -0.15) is 0 Å². The highest BCUT2D eigenvalue weighted by atomic mass is 16.7. The molecule has 0 aromatic rings. The summed E-state index contributed by atoms with van der Waals surface area (Å²) < 4.78 is 28.7. The van der Waals surface area contributed by atoms with E-state index < -0.39 is 97.3 Å². The molecule has 0 spiro atoms. The van der Waals surface area contributed by atoms with Crippen molar-refractivity contribution < 1.29 is 58.8 Å². The Kier molecular flexibility index (Phi) is 13.1. The van der Waals surface area contributed by atoms with Crippen LogP contribution in [-0.2, 0) is 33.3 Å². The van der Waals surface area contributed by atoms with Crippen LogP contribution >= 0.6 is 0 Å². The Morgan fingerprint density at radius 1 is 0.936 bits per heavy atom. The number of primary amides is 1. The maximum Gasteiger partial charge on any atom is 0.330 e. The summed E-state index contributed by atoms with van der Waals surface area (Å²) in [7, 11) is 0. The fourth-order valence-corrected chi connectivity index (χ4v) is 6.05. The van der Waals surface area contributed by atoms with E-state index in [0.29, 0.717) is 6.42 Å². The zero-order valence-electron chi connectivity index (χ0n) is 26.6. The topological polar surface area (TPSA) is 237 Å². The Labute approximate surface area is 273 Å². The number of aliphatic hydroxyl groups is 5. The second-order valence-electron chi connectivity index (χ2n) is 12.6. The van der Waals surface area contributed by atoms with Crippen molar-refractivity contribution in [3.63, 3.8) is 0 Å². The summed E-state index contributed by atoms with van der Waals surface area (Å²) in [6.07, 6.45) is 6.16. The molecular formula is C33H48N2O12. The first kappa shape index (κ1) is 37.1. The van der Waals surface area contributed by atoms with Crippen LogP contribution < -0.4 is 11.5 Å². The molecule has 0 aromatic carbocycles. The first-order valence-electron chi connectivity index (χ1n) is 16.0. The van der Waals surface area contributed by atoms with Gasteiger partial charge in [-0.25, -0.2) is 4.79 Å². The molecular weight excluding hydrogens is 616 g/mol. The van der Waals surface area contributed by atoms with Crippen molar-refractivity contribution in [1.29, 1.82) is 0 Å². The van der Waals surface area contributed by atoms with Gasteiger partial charge in [0, 0.05) is 38.2 Å². The van der Waals surface area contributed by atoms with Crippen LogP contribution in [0.4, 0.5) is 0 Å². The normalized spacial score (nSPS) is 47.2. The van der Waals surface area contributed by atoms with Gasteiger partial charge >= 0.3 is 5.97 Å². The van der Waals surface area contributed by atoms with E-state index in [1.54, 1.807) is 56.4 Å². The molecule has 262 valence electrons. The molecule has 4 aliphatic heterocycles. The maximum atomic E-state index is 12.5. The van der Waals surface area contributed by atoms with E-state index >= 15 is 0 Å². The van der Waals surface area contributed by atoms with Crippen molar-refractivity contribution in [2.24, 2.45) is 17.4 Å². The molecule has 14 nitrogen and oxygen atoms in total. The number of epoxide rings is 1. The minimum atomic E-state index is -2.04. The zero-order chi connectivity index (χ0) is 34.3. The number of fused-ring (bicyclic) bond motifs is 3. The highest BCUT2D eigenvalue weighted by Gasteiger charge is 2.51. The lowest BCUT2D eigenvalue weighted by molar-refractivity contribution is -0.306. The summed E-state index contributed by atoms with van der Waals surface area (Å²) in [6.45, 7) is 3.36. The van der Waals surface area contributed by atoms with E-state index in [9.17, 15) is 35.1 Å². The average Bonchev–Trinajstić information content (AvgIpc) is 3.72. The number of esters is 1. The van der Waals surface area contributed by atoms with Crippen LogP contribution in [0.1, 0.15) is 46.0 Å². The lowest BCUT2D eigenvalue weighted by Gasteiger charge is -2.45. The smallest absolute Gasteiger partial charge is 0.330 e. The van der Waals surface area contributed by atoms with Gasteiger partial charge in [-0.15, -0.1) is 0 Å². The SMILES string of the molecule is CC1C/C=C/C=C\C=C\C=C\C(O[C@@H]2O[C@H](C)[C@@H](O)[C@H](N)[C@@H]2O)CC2OC(O)(CC(O)CC3OC3/C=C/C(=O)O1)CC(O)C2C(N)=O. The summed E-state index contributed by atoms with van der Waals surface area (Å²) in [5.74, 6) is -4.66. The highest BCUT2D eigenvalue weighted by Crippen LogP contribution is 2.39. The number of hydrogen-bond donors (Lipinski definition) is 7. The first-order valence-corrected chi connectivity index (χ1v) is 16.0. The molecule has 0 saturated carbocycles. The summed E-state index contributed by atoms with van der Waals surface area (Å²) in [6, 6.07) is -1.06. The molecule has 4 heterocycles. The summed E-state index contributed by atoms with van der Waals surface area (Å²) in [5, 5.41) is 54.1. The predicted octanol–water partition coefficient (Wildman–Crippen LogP) is -0.480. The van der Waals surface area contributed by atoms with Crippen molar-refractivity contribution in [3.8, 4) is 0 Å². The molecule has 14 atom stereocenters. The molecule has 0 aliphatic carbocycles. The van der Waals surface area contributed by atoms with Gasteiger partial charge in [0.15, 0.2) is 12.1 Å². The molecule has 9 N–H and O–H groups in total. The number of nitrogens with two attached hydrogens (primary N) is 2. The van der Waals surface area contributed by atoms with Crippen LogP contribution in [0.2, 0.25) is 0 Å². The van der Waals surface area contributed by atoms with Crippen molar-refractivity contribution in [2.45, 2.75) is 125 Å². The van der Waals surface area contributed by atoms with E-state index in [1.807, 2.05) is 12.2 Å². The average molecular weight is 665 g/mol. The van der Waals surface area contributed by atoms with E-state index in [0.717, 1.165) is 0 Å². The standard InChI is InChI=1S/C33H48N2O12/c1-18-10-8-6-4-3-5-7-9-11-21(45-32-30(40)28(34)29(39)19(2)44-32)15-25-27(31(35)41)22(37)17-33(42,47-25)16-20(36)14-24-23(46-24)12-13-26(38)43-18/h3-9,11-13,18-25,27-30,32,36-37,39-40,42H,10,14-17,34H2,1-2H3,(H2,35,41)/b4-3-,7-5+,8-6+,11-9+,13-12+/t18?,19-,20?,21?,22?,23?,24?,25?,27?,28+,29-,30+,32+,33?/m1/s1. The third-order valence-corrected chi connectivity index (χ3v) is 8.62. The molecule has 1 amide bonds. The molecule has 3 fully saturated rings. The monoisotopic (exact) mass is 664 g/mol. The Bertz CT molecular complexity index is 1220. The van der Waals surface area contributed by atoms with Crippen LogP contribution in [0, 0.1) is 5.92 Å². The third kappa shape index (κ3) is 10.6. The van der Waals surface area contributed by atoms with Gasteiger partial charge in [0.1, 0.15) is 18.3 Å². The van der Waals surface area contributed by atoms with Crippen LogP contribution in [0.15, 0.2) is 60.8 Å². The van der Waals surface area contributed by atoms with Crippen molar-refractivity contribution in [1.82, 2.24) is 0 Å². The second kappa shape index (κ2) is 16.6. The molecule has 9 unspecified atom stereocenters. The van der Waals surface area contributed by atoms with Crippen LogP contribution in [0.25, 0.3) is 0 Å². The fraction of sp³-hybridized carbons (Fsp3) is 0.636. The van der Waals surface area contributed by atoms with Gasteiger partial charge in [0.05, 0.1) is 54.7 Å². The first-order chi connectivity index (χ1) is 22.3. The van der Waals surface area contributed by atoms with Crippen LogP contribution in [0.3, 0.4) is 0 Å². The predicted molar refractivity (Wildman–Crippen MR) is 167 cm³/mol. The third-order valence-electron chi connectivity index (χ3n) is 8.62. The Balaban J connectivity index is 1.58. The van der Waals surface area contributed by atoms with Gasteiger partial charge in [-0.05, 0) is 19.9 Å². The number of aliphatic hydroxyl groups excluding tert-OH is 4. The minimum absolute atomic E-state index is 0.104. The van der Waals surface area contributed by atoms with Gasteiger partial charge in [-0.1, -0.05) is 48.6 Å². The van der Waals surface area contributed by atoms with Crippen LogP contribution in [-0.4, -0.2) is 117 Å². The molecule has 14 heteroatoms. The lowest BCUT2D eigenvalue weighted by Crippen LogP contribution is -2.61. The second-order valence-corrected chi connectivity index (χ2v) is 12.6. The largest absolute Gasteiger partial charge is 0.459 e. The van der Waals surface area contributed by atoms with Gasteiger partial charge in [-0.3, -0.25) is 4.79 Å². The quantitative estimate of drug-likeness (QED) is 0.149. The molecule has 0 aromatic heterocycles. The zero-order valence-corrected chi connectivity index (χ0v) is 26.6. The molecule has 0 radical (unpaired) electrons. The minimum Gasteiger partial charge on any atom is -0.459 e. The van der Waals surface area contributed by atoms with E-state index in [1.165, 1.54) is 6.08 Å². The number of carbonyl (C=O) groups excluding carboxylic acids is 2. The summed E-state index contributed by atoms with van der Waals surface area (Å²) >= 11 is 0. The van der Waals surface area contributed by atoms with Crippen molar-refractivity contribution in [2.75, 3.05) is 0 Å². The molecule has 4 rings (SSSR count). The van der Waals surface area contributed by atoms with E-state index in [4.69, 9.17) is 35.2 Å². The lowest BCUT2D eigenvalue weighted by atomic mass is 9.82. The van der Waals surface area contributed by atoms with Crippen LogP contribution in [0.5, 0.6) is 0 Å². The van der Waals surface area contributed by atoms with Gasteiger partial charge in [0.25, 0.3) is 0 Å². The number of ether oxygens (including phenoxy) is 5. The number of amides is 1. The molecule has 47 heavy (non-hydrogen) atoms. The van der Waals surface area contributed by atoms with E-state index in [-0.39, 0.29) is 25.4 Å². The Hall–Kier alpha value is -2.76. The number of hydrogen-bond acceptors (Lipinski definition) is 13. The van der Waals surface area contributed by atoms with Gasteiger partial charge < -0.3 is 60.7 Å². The number of allylic oxidation sites excluding steroid dienone is 6. The van der Waals surface area contributed by atoms with Gasteiger partial charge in [0.2, 0.25) is 5.91 Å². The Morgan fingerprint density at radius 2 is 1.64 bits per heavy atom. The molecule has 2 bridgehead atoms. The molecule has 3 saturated heterocycles. The number of carbonyl (C=O) groups is 2. The Morgan fingerprint density at radius 3 is 2.36 bits per heavy atom.